The Hall–Kier alpha value is -0.880. The largest absolute Gasteiger partial charge is 0.448 e. The molecule has 1 aromatic heterocycles. The second-order valence-electron chi connectivity index (χ2n) is 3.80. The number of nitrogens with two attached hydrogens (primary N) is 1. The molecule has 2 aromatic rings. The Balaban J connectivity index is 2.22. The Morgan fingerprint density at radius 3 is 2.78 bits per heavy atom. The van der Waals surface area contributed by atoms with E-state index in [-0.39, 0.29) is 11.9 Å². The number of hydrogen-bond donors (Lipinski definition) is 2. The van der Waals surface area contributed by atoms with Gasteiger partial charge in [0.2, 0.25) is 0 Å². The summed E-state index contributed by atoms with van der Waals surface area (Å²) in [5.74, 6) is 5.81. The minimum Gasteiger partial charge on any atom is -0.448 e. The van der Waals surface area contributed by atoms with Gasteiger partial charge in [0.1, 0.15) is 11.6 Å². The van der Waals surface area contributed by atoms with E-state index in [1.54, 1.807) is 18.2 Å². The van der Waals surface area contributed by atoms with Crippen molar-refractivity contribution >= 4 is 27.5 Å². The normalized spacial score (nSPS) is 12.7. The fourth-order valence-corrected chi connectivity index (χ4v) is 2.24. The van der Waals surface area contributed by atoms with Crippen LogP contribution in [0.2, 0.25) is 5.22 Å². The number of halogens is 3. The van der Waals surface area contributed by atoms with Crippen LogP contribution in [0.3, 0.4) is 0 Å². The average Bonchev–Trinajstić information content (AvgIpc) is 2.77. The number of furan rings is 1. The molecule has 96 valence electrons. The van der Waals surface area contributed by atoms with Gasteiger partial charge in [-0.15, -0.1) is 0 Å². The molecule has 0 saturated carbocycles. The fourth-order valence-electron chi connectivity index (χ4n) is 1.68. The molecule has 0 amide bonds. The van der Waals surface area contributed by atoms with E-state index in [1.165, 1.54) is 12.1 Å². The molecule has 0 fully saturated rings. The highest BCUT2D eigenvalue weighted by molar-refractivity contribution is 9.10. The third kappa shape index (κ3) is 3.11. The molecule has 0 bridgehead atoms. The minimum absolute atomic E-state index is 0.268. The average molecular weight is 334 g/mol. The summed E-state index contributed by atoms with van der Waals surface area (Å²) in [5, 5.41) is 0.295. The van der Waals surface area contributed by atoms with Gasteiger partial charge in [0.15, 0.2) is 5.22 Å². The molecule has 1 heterocycles. The zero-order valence-corrected chi connectivity index (χ0v) is 11.6. The Labute approximate surface area is 117 Å². The maximum absolute atomic E-state index is 13.2. The predicted octanol–water partition coefficient (Wildman–Crippen LogP) is 3.58. The summed E-state index contributed by atoms with van der Waals surface area (Å²) in [6, 6.07) is 7.62. The van der Waals surface area contributed by atoms with Gasteiger partial charge in [0.25, 0.3) is 0 Å². The second-order valence-corrected chi connectivity index (χ2v) is 5.03. The van der Waals surface area contributed by atoms with Crippen molar-refractivity contribution in [2.45, 2.75) is 12.5 Å². The Kier molecular flexibility index (Phi) is 4.40. The van der Waals surface area contributed by atoms with Crippen molar-refractivity contribution < 1.29 is 8.81 Å². The van der Waals surface area contributed by atoms with Gasteiger partial charge < -0.3 is 4.42 Å². The summed E-state index contributed by atoms with van der Waals surface area (Å²) >= 11 is 9.09. The minimum atomic E-state index is -0.290. The van der Waals surface area contributed by atoms with Gasteiger partial charge in [0.05, 0.1) is 6.04 Å². The monoisotopic (exact) mass is 332 g/mol. The number of benzene rings is 1. The van der Waals surface area contributed by atoms with Crippen LogP contribution in [0, 0.1) is 5.82 Å². The predicted molar refractivity (Wildman–Crippen MR) is 71.6 cm³/mol. The van der Waals surface area contributed by atoms with Crippen molar-refractivity contribution in [2.24, 2.45) is 5.84 Å². The first-order valence-corrected chi connectivity index (χ1v) is 6.42. The first kappa shape index (κ1) is 13.5. The van der Waals surface area contributed by atoms with E-state index in [2.05, 4.69) is 21.4 Å². The highest BCUT2D eigenvalue weighted by Gasteiger charge is 2.16. The lowest BCUT2D eigenvalue weighted by atomic mass is 10.0. The van der Waals surface area contributed by atoms with E-state index in [4.69, 9.17) is 21.9 Å². The van der Waals surface area contributed by atoms with E-state index < -0.39 is 0 Å². The second kappa shape index (κ2) is 5.84. The molecular weight excluding hydrogens is 322 g/mol. The van der Waals surface area contributed by atoms with Crippen LogP contribution in [0.4, 0.5) is 4.39 Å². The van der Waals surface area contributed by atoms with Crippen LogP contribution in [0.15, 0.2) is 39.2 Å². The molecule has 1 atom stereocenters. The van der Waals surface area contributed by atoms with Gasteiger partial charge in [-0.3, -0.25) is 5.84 Å². The lowest BCUT2D eigenvalue weighted by Crippen LogP contribution is -2.29. The van der Waals surface area contributed by atoms with Gasteiger partial charge >= 0.3 is 0 Å². The maximum Gasteiger partial charge on any atom is 0.193 e. The van der Waals surface area contributed by atoms with E-state index in [0.717, 1.165) is 10.0 Å². The van der Waals surface area contributed by atoms with Gasteiger partial charge in [-0.25, -0.2) is 9.82 Å². The smallest absolute Gasteiger partial charge is 0.193 e. The molecule has 6 heteroatoms. The van der Waals surface area contributed by atoms with E-state index >= 15 is 0 Å². The molecule has 18 heavy (non-hydrogen) atoms. The molecule has 1 unspecified atom stereocenters. The molecule has 3 N–H and O–H groups in total. The topological polar surface area (TPSA) is 51.2 Å². The highest BCUT2D eigenvalue weighted by atomic mass is 79.9. The highest BCUT2D eigenvalue weighted by Crippen LogP contribution is 2.26. The summed E-state index contributed by atoms with van der Waals surface area (Å²) in [6.07, 6.45) is 0.485. The van der Waals surface area contributed by atoms with Crippen LogP contribution >= 0.6 is 27.5 Å². The van der Waals surface area contributed by atoms with Crippen molar-refractivity contribution in [3.63, 3.8) is 0 Å². The Morgan fingerprint density at radius 1 is 1.39 bits per heavy atom. The first-order valence-electron chi connectivity index (χ1n) is 5.25. The number of hydrazine groups is 1. The van der Waals surface area contributed by atoms with Crippen LogP contribution in [0.5, 0.6) is 0 Å². The Bertz CT molecular complexity index is 547. The maximum atomic E-state index is 13.2. The quantitative estimate of drug-likeness (QED) is 0.664. The molecule has 0 radical (unpaired) electrons. The summed E-state index contributed by atoms with van der Waals surface area (Å²) in [4.78, 5) is 0. The van der Waals surface area contributed by atoms with E-state index in [1.807, 2.05) is 0 Å². The zero-order chi connectivity index (χ0) is 13.1. The fraction of sp³-hybridized carbons (Fsp3) is 0.167. The van der Waals surface area contributed by atoms with E-state index in [0.29, 0.717) is 17.4 Å². The number of nitrogens with one attached hydrogen (secondary N) is 1. The van der Waals surface area contributed by atoms with Crippen LogP contribution in [-0.4, -0.2) is 0 Å². The summed E-state index contributed by atoms with van der Waals surface area (Å²) < 4.78 is 19.3. The van der Waals surface area contributed by atoms with Gasteiger partial charge in [0, 0.05) is 4.47 Å². The van der Waals surface area contributed by atoms with Crippen LogP contribution < -0.4 is 11.3 Å². The third-order valence-corrected chi connectivity index (χ3v) is 3.55. The van der Waals surface area contributed by atoms with Gasteiger partial charge in [-0.1, -0.05) is 15.9 Å². The van der Waals surface area contributed by atoms with Crippen LogP contribution in [0.1, 0.15) is 17.4 Å². The Morgan fingerprint density at radius 2 is 2.17 bits per heavy atom. The van der Waals surface area contributed by atoms with Gasteiger partial charge in [-0.2, -0.15) is 0 Å². The number of hydrogen-bond acceptors (Lipinski definition) is 3. The molecule has 0 aliphatic carbocycles. The lowest BCUT2D eigenvalue weighted by Gasteiger charge is -2.14. The lowest BCUT2D eigenvalue weighted by molar-refractivity contribution is 0.416. The van der Waals surface area contributed by atoms with Crippen molar-refractivity contribution in [1.29, 1.82) is 0 Å². The summed E-state index contributed by atoms with van der Waals surface area (Å²) in [5.41, 5.74) is 3.43. The van der Waals surface area contributed by atoms with Crippen molar-refractivity contribution in [3.05, 3.63) is 57.2 Å². The molecule has 2 rings (SSSR count). The standard InChI is InChI=1S/C12H11BrClFN2O/c13-9-2-1-8(15)5-7(9)6-10(17-16)11-3-4-12(14)18-11/h1-5,10,17H,6,16H2. The molecule has 0 spiro atoms. The molecule has 0 aliphatic rings. The number of rotatable bonds is 4. The SMILES string of the molecule is NNC(Cc1cc(F)ccc1Br)c1ccc(Cl)o1. The molecule has 0 saturated heterocycles. The van der Waals surface area contributed by atoms with Gasteiger partial charge in [-0.05, 0) is 53.9 Å². The van der Waals surface area contributed by atoms with Crippen molar-refractivity contribution in [2.75, 3.05) is 0 Å². The third-order valence-electron chi connectivity index (χ3n) is 2.57. The first-order chi connectivity index (χ1) is 8.60. The van der Waals surface area contributed by atoms with E-state index in [9.17, 15) is 4.39 Å². The van der Waals surface area contributed by atoms with Crippen molar-refractivity contribution in [3.8, 4) is 0 Å². The van der Waals surface area contributed by atoms with Crippen LogP contribution in [-0.2, 0) is 6.42 Å². The molecule has 0 aliphatic heterocycles. The molecule has 1 aromatic carbocycles. The van der Waals surface area contributed by atoms with Crippen LogP contribution in [0.25, 0.3) is 0 Å². The molecular formula is C12H11BrClFN2O. The zero-order valence-electron chi connectivity index (χ0n) is 9.29. The summed E-state index contributed by atoms with van der Waals surface area (Å²) in [6.45, 7) is 0. The molecule has 3 nitrogen and oxygen atoms in total. The summed E-state index contributed by atoms with van der Waals surface area (Å²) in [7, 11) is 0. The van der Waals surface area contributed by atoms with Crippen molar-refractivity contribution in [1.82, 2.24) is 5.43 Å².